The SMILES string of the molecule is COc1ccccc1C1NC(c2ccccc2OC)C2C(=O)C1Cc1ccccc12. The topological polar surface area (TPSA) is 47.6 Å². The molecule has 1 fully saturated rings. The molecule has 0 saturated carbocycles. The van der Waals surface area contributed by atoms with Gasteiger partial charge in [-0.2, -0.15) is 0 Å². The Morgan fingerprint density at radius 2 is 1.27 bits per heavy atom. The third-order valence-corrected chi connectivity index (χ3v) is 6.54. The molecular formula is C26H25NO3. The van der Waals surface area contributed by atoms with Gasteiger partial charge in [0.05, 0.1) is 26.2 Å². The molecular weight excluding hydrogens is 374 g/mol. The van der Waals surface area contributed by atoms with Gasteiger partial charge >= 0.3 is 0 Å². The largest absolute Gasteiger partial charge is 0.496 e. The highest BCUT2D eigenvalue weighted by Gasteiger charge is 2.49. The fraction of sp³-hybridized carbons (Fsp3) is 0.269. The first-order chi connectivity index (χ1) is 14.7. The van der Waals surface area contributed by atoms with Crippen molar-refractivity contribution in [3.05, 3.63) is 95.1 Å². The van der Waals surface area contributed by atoms with Crippen molar-refractivity contribution in [3.63, 3.8) is 0 Å². The number of rotatable bonds is 4. The van der Waals surface area contributed by atoms with E-state index in [0.29, 0.717) is 5.78 Å². The van der Waals surface area contributed by atoms with E-state index in [1.54, 1.807) is 14.2 Å². The van der Waals surface area contributed by atoms with Crippen molar-refractivity contribution in [3.8, 4) is 11.5 Å². The zero-order valence-corrected chi connectivity index (χ0v) is 17.2. The number of ketones is 1. The van der Waals surface area contributed by atoms with E-state index >= 15 is 0 Å². The van der Waals surface area contributed by atoms with Crippen molar-refractivity contribution in [2.24, 2.45) is 5.92 Å². The molecule has 4 atom stereocenters. The van der Waals surface area contributed by atoms with Gasteiger partial charge in [0.25, 0.3) is 0 Å². The van der Waals surface area contributed by atoms with Crippen molar-refractivity contribution in [2.75, 3.05) is 14.2 Å². The lowest BCUT2D eigenvalue weighted by atomic mass is 9.65. The summed E-state index contributed by atoms with van der Waals surface area (Å²) in [6.45, 7) is 0. The number of hydrogen-bond donors (Lipinski definition) is 1. The second-order valence-electron chi connectivity index (χ2n) is 8.00. The Kier molecular flexibility index (Phi) is 4.80. The number of fused-ring (bicyclic) bond motifs is 4. The molecule has 3 aromatic rings. The van der Waals surface area contributed by atoms with E-state index in [-0.39, 0.29) is 23.9 Å². The maximum Gasteiger partial charge on any atom is 0.147 e. The highest BCUT2D eigenvalue weighted by Crippen LogP contribution is 2.51. The van der Waals surface area contributed by atoms with Gasteiger partial charge in [0.2, 0.25) is 0 Å². The summed E-state index contributed by atoms with van der Waals surface area (Å²) < 4.78 is 11.3. The lowest BCUT2D eigenvalue weighted by Gasteiger charge is -2.46. The molecule has 152 valence electrons. The van der Waals surface area contributed by atoms with Crippen LogP contribution < -0.4 is 14.8 Å². The summed E-state index contributed by atoms with van der Waals surface area (Å²) in [5, 5.41) is 3.83. The summed E-state index contributed by atoms with van der Waals surface area (Å²) in [5.41, 5.74) is 4.42. The van der Waals surface area contributed by atoms with Crippen LogP contribution in [0.25, 0.3) is 0 Å². The zero-order chi connectivity index (χ0) is 20.7. The van der Waals surface area contributed by atoms with Gasteiger partial charge in [-0.05, 0) is 29.7 Å². The molecule has 30 heavy (non-hydrogen) atoms. The summed E-state index contributed by atoms with van der Waals surface area (Å²) in [4.78, 5) is 13.8. The number of hydrogen-bond acceptors (Lipinski definition) is 4. The highest BCUT2D eigenvalue weighted by atomic mass is 16.5. The van der Waals surface area contributed by atoms with E-state index in [1.807, 2.05) is 42.5 Å². The highest BCUT2D eigenvalue weighted by molar-refractivity contribution is 5.93. The van der Waals surface area contributed by atoms with Crippen LogP contribution in [0.4, 0.5) is 0 Å². The monoisotopic (exact) mass is 399 g/mol. The number of carbonyl (C=O) groups excluding carboxylic acids is 1. The van der Waals surface area contributed by atoms with Crippen LogP contribution in [0, 0.1) is 5.92 Å². The number of ether oxygens (including phenoxy) is 2. The predicted molar refractivity (Wildman–Crippen MR) is 116 cm³/mol. The number of methoxy groups -OCH3 is 2. The number of carbonyl (C=O) groups is 1. The molecule has 3 aromatic carbocycles. The molecule has 1 heterocycles. The molecule has 0 amide bonds. The molecule has 1 N–H and O–H groups in total. The van der Waals surface area contributed by atoms with Crippen LogP contribution in [0.1, 0.15) is 40.3 Å². The fourth-order valence-electron chi connectivity index (χ4n) is 5.20. The van der Waals surface area contributed by atoms with Gasteiger partial charge in [-0.25, -0.2) is 0 Å². The molecule has 1 aliphatic heterocycles. The van der Waals surface area contributed by atoms with Crippen molar-refractivity contribution in [2.45, 2.75) is 24.4 Å². The minimum Gasteiger partial charge on any atom is -0.496 e. The Labute approximate surface area is 176 Å². The molecule has 4 heteroatoms. The van der Waals surface area contributed by atoms with E-state index in [4.69, 9.17) is 9.47 Å². The number of para-hydroxylation sites is 2. The quantitative estimate of drug-likeness (QED) is 0.696. The van der Waals surface area contributed by atoms with Crippen LogP contribution in [0.15, 0.2) is 72.8 Å². The third-order valence-electron chi connectivity index (χ3n) is 6.54. The minimum atomic E-state index is -0.234. The second-order valence-corrected chi connectivity index (χ2v) is 8.00. The second kappa shape index (κ2) is 7.62. The number of piperidine rings is 1. The summed E-state index contributed by atoms with van der Waals surface area (Å²) in [6, 6.07) is 24.0. The fourth-order valence-corrected chi connectivity index (χ4v) is 5.20. The third kappa shape index (κ3) is 2.91. The average Bonchev–Trinajstić information content (AvgIpc) is 2.79. The molecule has 0 spiro atoms. The molecule has 2 aliphatic rings. The summed E-state index contributed by atoms with van der Waals surface area (Å²) in [6.07, 6.45) is 0.736. The van der Waals surface area contributed by atoms with Crippen molar-refractivity contribution >= 4 is 5.78 Å². The van der Waals surface area contributed by atoms with E-state index < -0.39 is 0 Å². The lowest BCUT2D eigenvalue weighted by Crippen LogP contribution is -2.50. The summed E-state index contributed by atoms with van der Waals surface area (Å²) in [5.74, 6) is 1.52. The minimum absolute atomic E-state index is 0.131. The Morgan fingerprint density at radius 3 is 1.90 bits per heavy atom. The molecule has 1 aliphatic carbocycles. The van der Waals surface area contributed by atoms with Gasteiger partial charge in [0.15, 0.2) is 0 Å². The first-order valence-corrected chi connectivity index (χ1v) is 10.4. The molecule has 4 nitrogen and oxygen atoms in total. The van der Waals surface area contributed by atoms with E-state index in [0.717, 1.165) is 34.6 Å². The maximum absolute atomic E-state index is 13.8. The molecule has 0 aromatic heterocycles. The smallest absolute Gasteiger partial charge is 0.147 e. The number of benzene rings is 3. The first kappa shape index (κ1) is 18.9. The number of nitrogens with one attached hydrogen (secondary N) is 1. The van der Waals surface area contributed by atoms with Crippen molar-refractivity contribution in [1.29, 1.82) is 0 Å². The normalized spacial score (nSPS) is 24.8. The lowest BCUT2D eigenvalue weighted by molar-refractivity contribution is -0.129. The van der Waals surface area contributed by atoms with Crippen molar-refractivity contribution in [1.82, 2.24) is 5.32 Å². The van der Waals surface area contributed by atoms with Crippen LogP contribution in [-0.4, -0.2) is 20.0 Å². The Hall–Kier alpha value is -3.11. The Balaban J connectivity index is 1.70. The van der Waals surface area contributed by atoms with Gasteiger partial charge in [-0.1, -0.05) is 60.7 Å². The summed E-state index contributed by atoms with van der Waals surface area (Å²) >= 11 is 0. The first-order valence-electron chi connectivity index (χ1n) is 10.4. The van der Waals surface area contributed by atoms with E-state index in [2.05, 4.69) is 35.6 Å². The van der Waals surface area contributed by atoms with Crippen LogP contribution in [0.3, 0.4) is 0 Å². The van der Waals surface area contributed by atoms with Gasteiger partial charge in [0.1, 0.15) is 17.3 Å². The van der Waals surface area contributed by atoms with Gasteiger partial charge in [-0.15, -0.1) is 0 Å². The Bertz CT molecular complexity index is 1090. The average molecular weight is 399 g/mol. The molecule has 0 radical (unpaired) electrons. The molecule has 4 unspecified atom stereocenters. The van der Waals surface area contributed by atoms with E-state index in [9.17, 15) is 4.79 Å². The van der Waals surface area contributed by atoms with Crippen LogP contribution >= 0.6 is 0 Å². The molecule has 1 saturated heterocycles. The van der Waals surface area contributed by atoms with Gasteiger partial charge in [-0.3, -0.25) is 4.79 Å². The Morgan fingerprint density at radius 1 is 0.733 bits per heavy atom. The van der Waals surface area contributed by atoms with Crippen LogP contribution in [0.5, 0.6) is 11.5 Å². The standard InChI is InChI=1S/C26H25NO3/c1-29-21-13-7-5-11-18(21)24-20-15-16-9-3-4-10-17(16)23(26(20)28)25(27-24)19-12-6-8-14-22(19)30-2/h3-14,20,23-25,27H,15H2,1-2H3. The van der Waals surface area contributed by atoms with Gasteiger partial charge < -0.3 is 14.8 Å². The number of Topliss-reactive ketones (excluding diaryl/α,β-unsaturated/α-hetero) is 1. The molecule has 5 rings (SSSR count). The predicted octanol–water partition coefficient (Wildman–Crippen LogP) is 4.61. The summed E-state index contributed by atoms with van der Waals surface area (Å²) in [7, 11) is 3.36. The maximum atomic E-state index is 13.8. The zero-order valence-electron chi connectivity index (χ0n) is 17.2. The van der Waals surface area contributed by atoms with Crippen LogP contribution in [0.2, 0.25) is 0 Å². The van der Waals surface area contributed by atoms with Crippen LogP contribution in [-0.2, 0) is 11.2 Å². The van der Waals surface area contributed by atoms with Gasteiger partial charge in [0, 0.05) is 23.1 Å². The molecule has 2 bridgehead atoms. The van der Waals surface area contributed by atoms with Crippen molar-refractivity contribution < 1.29 is 14.3 Å². The van der Waals surface area contributed by atoms with E-state index in [1.165, 1.54) is 5.56 Å².